The van der Waals surface area contributed by atoms with Gasteiger partial charge in [-0.1, -0.05) is 12.2 Å². The Morgan fingerprint density at radius 3 is 3.00 bits per heavy atom. The summed E-state index contributed by atoms with van der Waals surface area (Å²) in [5.74, 6) is 0.443. The number of nitrogens with two attached hydrogens (primary N) is 1. The highest BCUT2D eigenvalue weighted by Gasteiger charge is 2.02. The van der Waals surface area contributed by atoms with Crippen LogP contribution in [-0.2, 0) is 7.05 Å². The second-order valence-electron chi connectivity index (χ2n) is 3.16. The maximum absolute atomic E-state index is 5.48. The monoisotopic (exact) mass is 234 g/mol. The number of hydrogen-bond acceptors (Lipinski definition) is 5. The molecule has 0 saturated carbocycles. The Labute approximate surface area is 97.5 Å². The third-order valence-electron chi connectivity index (χ3n) is 1.87. The van der Waals surface area contributed by atoms with Gasteiger partial charge in [-0.25, -0.2) is 9.97 Å². The molecule has 0 aliphatic carbocycles. The van der Waals surface area contributed by atoms with E-state index in [4.69, 9.17) is 18.0 Å². The van der Waals surface area contributed by atoms with Gasteiger partial charge in [0.15, 0.2) is 0 Å². The number of rotatable bonds is 3. The lowest BCUT2D eigenvalue weighted by Gasteiger charge is -2.02. The molecule has 3 N–H and O–H groups in total. The smallest absolute Gasteiger partial charge is 0.227 e. The number of hydrogen-bond donors (Lipinski definition) is 2. The molecule has 0 aliphatic rings. The summed E-state index contributed by atoms with van der Waals surface area (Å²) in [6.45, 7) is 0. The van der Waals surface area contributed by atoms with E-state index in [9.17, 15) is 0 Å². The fourth-order valence-corrected chi connectivity index (χ4v) is 1.28. The molecule has 2 heterocycles. The van der Waals surface area contributed by atoms with Gasteiger partial charge in [-0.3, -0.25) is 4.68 Å². The Morgan fingerprint density at radius 1 is 1.56 bits per heavy atom. The van der Waals surface area contributed by atoms with Gasteiger partial charge in [0, 0.05) is 19.4 Å². The van der Waals surface area contributed by atoms with E-state index < -0.39 is 0 Å². The van der Waals surface area contributed by atoms with Crippen LogP contribution in [0.3, 0.4) is 0 Å². The van der Waals surface area contributed by atoms with Crippen molar-refractivity contribution in [3.63, 3.8) is 0 Å². The first-order valence-electron chi connectivity index (χ1n) is 4.53. The number of thiocarbonyl (C=S) groups is 1. The minimum absolute atomic E-state index is 0.247. The molecule has 2 aromatic heterocycles. The van der Waals surface area contributed by atoms with E-state index in [1.54, 1.807) is 23.1 Å². The number of nitrogens with one attached hydrogen (secondary N) is 1. The largest absolute Gasteiger partial charge is 0.388 e. The molecular weight excluding hydrogens is 224 g/mol. The van der Waals surface area contributed by atoms with Crippen LogP contribution < -0.4 is 11.1 Å². The molecule has 0 saturated heterocycles. The lowest BCUT2D eigenvalue weighted by Crippen LogP contribution is -2.12. The zero-order valence-corrected chi connectivity index (χ0v) is 9.40. The summed E-state index contributed by atoms with van der Waals surface area (Å²) in [4.78, 5) is 8.45. The third kappa shape index (κ3) is 2.31. The number of aryl methyl sites for hydroxylation is 1. The molecule has 0 radical (unpaired) electrons. The van der Waals surface area contributed by atoms with Gasteiger partial charge >= 0.3 is 0 Å². The van der Waals surface area contributed by atoms with Gasteiger partial charge < -0.3 is 11.1 Å². The summed E-state index contributed by atoms with van der Waals surface area (Å²) in [5, 5.41) is 7.02. The topological polar surface area (TPSA) is 81.7 Å². The first-order chi connectivity index (χ1) is 7.65. The van der Waals surface area contributed by atoms with Gasteiger partial charge in [-0.15, -0.1) is 0 Å². The predicted molar refractivity (Wildman–Crippen MR) is 64.4 cm³/mol. The molecule has 0 bridgehead atoms. The maximum Gasteiger partial charge on any atom is 0.227 e. The molecule has 0 aliphatic heterocycles. The fourth-order valence-electron chi connectivity index (χ4n) is 1.17. The van der Waals surface area contributed by atoms with Crippen molar-refractivity contribution in [3.05, 3.63) is 30.4 Å². The van der Waals surface area contributed by atoms with Gasteiger partial charge in [0.05, 0.1) is 11.9 Å². The lowest BCUT2D eigenvalue weighted by molar-refractivity contribution is 0.768. The minimum Gasteiger partial charge on any atom is -0.388 e. The Morgan fingerprint density at radius 2 is 2.38 bits per heavy atom. The second kappa shape index (κ2) is 4.23. The SMILES string of the molecule is Cn1cc(Nc2nccc(C(N)=S)n2)cn1. The van der Waals surface area contributed by atoms with Crippen molar-refractivity contribution in [2.45, 2.75) is 0 Å². The van der Waals surface area contributed by atoms with Gasteiger partial charge in [0.25, 0.3) is 0 Å². The molecule has 2 rings (SSSR count). The highest BCUT2D eigenvalue weighted by molar-refractivity contribution is 7.80. The molecule has 16 heavy (non-hydrogen) atoms. The molecule has 6 nitrogen and oxygen atoms in total. The van der Waals surface area contributed by atoms with Gasteiger partial charge in [0.1, 0.15) is 10.7 Å². The Kier molecular flexibility index (Phi) is 2.78. The van der Waals surface area contributed by atoms with E-state index in [2.05, 4.69) is 20.4 Å². The van der Waals surface area contributed by atoms with E-state index in [0.29, 0.717) is 11.6 Å². The van der Waals surface area contributed by atoms with Crippen molar-refractivity contribution in [1.29, 1.82) is 0 Å². The zero-order valence-electron chi connectivity index (χ0n) is 8.58. The third-order valence-corrected chi connectivity index (χ3v) is 2.08. The van der Waals surface area contributed by atoms with E-state index in [0.717, 1.165) is 5.69 Å². The van der Waals surface area contributed by atoms with Gasteiger partial charge in [0.2, 0.25) is 5.95 Å². The summed E-state index contributed by atoms with van der Waals surface area (Å²) in [6, 6.07) is 1.66. The molecule has 0 unspecified atom stereocenters. The molecular formula is C9H10N6S. The minimum atomic E-state index is 0.247. The Hall–Kier alpha value is -2.02. The van der Waals surface area contributed by atoms with Crippen LogP contribution in [0.4, 0.5) is 11.6 Å². The first kappa shape index (κ1) is 10.5. The highest BCUT2D eigenvalue weighted by atomic mass is 32.1. The van der Waals surface area contributed by atoms with Crippen LogP contribution in [0.15, 0.2) is 24.7 Å². The molecule has 0 fully saturated rings. The molecule has 2 aromatic rings. The normalized spacial score (nSPS) is 10.1. The van der Waals surface area contributed by atoms with Crippen LogP contribution in [0.2, 0.25) is 0 Å². The second-order valence-corrected chi connectivity index (χ2v) is 3.60. The van der Waals surface area contributed by atoms with Crippen molar-refractivity contribution in [1.82, 2.24) is 19.7 Å². The van der Waals surface area contributed by atoms with Crippen molar-refractivity contribution in [3.8, 4) is 0 Å². The molecule has 7 heteroatoms. The first-order valence-corrected chi connectivity index (χ1v) is 4.94. The summed E-state index contributed by atoms with van der Waals surface area (Å²) in [6.07, 6.45) is 5.09. The molecule has 0 atom stereocenters. The Balaban J connectivity index is 2.21. The van der Waals surface area contributed by atoms with E-state index in [1.165, 1.54) is 0 Å². The molecule has 82 valence electrons. The number of aromatic nitrogens is 4. The standard InChI is InChI=1S/C9H10N6S/c1-15-5-6(4-12-15)13-9-11-3-2-7(14-9)8(10)16/h2-5H,1H3,(H2,10,16)(H,11,13,14). The van der Waals surface area contributed by atoms with Gasteiger partial charge in [-0.2, -0.15) is 5.10 Å². The predicted octanol–water partition coefficient (Wildman–Crippen LogP) is 0.588. The van der Waals surface area contributed by atoms with Crippen LogP contribution >= 0.6 is 12.2 Å². The van der Waals surface area contributed by atoms with Crippen molar-refractivity contribution < 1.29 is 0 Å². The quantitative estimate of drug-likeness (QED) is 0.756. The summed E-state index contributed by atoms with van der Waals surface area (Å²) in [7, 11) is 1.83. The van der Waals surface area contributed by atoms with Gasteiger partial charge in [-0.05, 0) is 6.07 Å². The molecule has 0 spiro atoms. The summed E-state index contributed by atoms with van der Waals surface area (Å²) in [5.41, 5.74) is 6.82. The van der Waals surface area contributed by atoms with Crippen LogP contribution in [-0.4, -0.2) is 24.7 Å². The van der Waals surface area contributed by atoms with E-state index >= 15 is 0 Å². The zero-order chi connectivity index (χ0) is 11.5. The van der Waals surface area contributed by atoms with E-state index in [1.807, 2.05) is 13.2 Å². The van der Waals surface area contributed by atoms with Crippen LogP contribution in [0.25, 0.3) is 0 Å². The Bertz CT molecular complexity index is 520. The van der Waals surface area contributed by atoms with Crippen LogP contribution in [0, 0.1) is 0 Å². The summed E-state index contributed by atoms with van der Waals surface area (Å²) < 4.78 is 1.68. The van der Waals surface area contributed by atoms with E-state index in [-0.39, 0.29) is 4.99 Å². The highest BCUT2D eigenvalue weighted by Crippen LogP contribution is 2.10. The fraction of sp³-hybridized carbons (Fsp3) is 0.111. The van der Waals surface area contributed by atoms with Crippen LogP contribution in [0.1, 0.15) is 5.69 Å². The molecule has 0 amide bonds. The average molecular weight is 234 g/mol. The lowest BCUT2D eigenvalue weighted by atomic mass is 10.4. The molecule has 0 aromatic carbocycles. The van der Waals surface area contributed by atoms with Crippen molar-refractivity contribution in [2.75, 3.05) is 5.32 Å². The van der Waals surface area contributed by atoms with Crippen molar-refractivity contribution >= 4 is 28.8 Å². The number of nitrogens with zero attached hydrogens (tertiary/aromatic N) is 4. The number of anilines is 2. The summed E-state index contributed by atoms with van der Waals surface area (Å²) >= 11 is 4.83. The van der Waals surface area contributed by atoms with Crippen molar-refractivity contribution in [2.24, 2.45) is 12.8 Å². The maximum atomic E-state index is 5.48. The van der Waals surface area contributed by atoms with Crippen LogP contribution in [0.5, 0.6) is 0 Å². The average Bonchev–Trinajstić information content (AvgIpc) is 2.64.